The largest absolute Gasteiger partial charge is 0.328 e. The summed E-state index contributed by atoms with van der Waals surface area (Å²) < 4.78 is 0. The standard InChI is InChI=1S/C8H16N2.CH4S/c9-7-1-2-8(5-7)3-4-10-6-8;1-2/h7,10H,1-6,9H2;2H,1H3. The molecule has 0 amide bonds. The second kappa shape index (κ2) is 4.49. The highest BCUT2D eigenvalue weighted by Gasteiger charge is 2.39. The van der Waals surface area contributed by atoms with E-state index in [9.17, 15) is 0 Å². The maximum absolute atomic E-state index is 5.86. The molecule has 0 bridgehead atoms. The van der Waals surface area contributed by atoms with Gasteiger partial charge in [0, 0.05) is 12.6 Å². The molecule has 1 aliphatic heterocycles. The lowest BCUT2D eigenvalue weighted by Gasteiger charge is -2.20. The molecule has 2 rings (SSSR count). The lowest BCUT2D eigenvalue weighted by molar-refractivity contribution is 0.331. The van der Waals surface area contributed by atoms with Crippen molar-refractivity contribution in [1.29, 1.82) is 0 Å². The summed E-state index contributed by atoms with van der Waals surface area (Å²) in [5.74, 6) is 0. The highest BCUT2D eigenvalue weighted by atomic mass is 32.1. The van der Waals surface area contributed by atoms with Crippen LogP contribution in [0.25, 0.3) is 0 Å². The summed E-state index contributed by atoms with van der Waals surface area (Å²) in [5, 5.41) is 3.42. The van der Waals surface area contributed by atoms with E-state index in [2.05, 4.69) is 17.9 Å². The van der Waals surface area contributed by atoms with Crippen LogP contribution < -0.4 is 11.1 Å². The predicted octanol–water partition coefficient (Wildman–Crippen LogP) is 1.02. The van der Waals surface area contributed by atoms with E-state index in [0.29, 0.717) is 11.5 Å². The van der Waals surface area contributed by atoms with Crippen molar-refractivity contribution < 1.29 is 0 Å². The molecule has 0 radical (unpaired) electrons. The Morgan fingerprint density at radius 1 is 1.42 bits per heavy atom. The van der Waals surface area contributed by atoms with E-state index in [0.717, 1.165) is 0 Å². The van der Waals surface area contributed by atoms with Crippen molar-refractivity contribution in [3.63, 3.8) is 0 Å². The Labute approximate surface area is 80.7 Å². The second-order valence-corrected chi connectivity index (χ2v) is 3.93. The monoisotopic (exact) mass is 188 g/mol. The lowest BCUT2D eigenvalue weighted by Crippen LogP contribution is -2.23. The summed E-state index contributed by atoms with van der Waals surface area (Å²) >= 11 is 3.53. The molecule has 1 aliphatic carbocycles. The van der Waals surface area contributed by atoms with Gasteiger partial charge in [0.05, 0.1) is 0 Å². The smallest absolute Gasteiger partial charge is 0.00448 e. The molecule has 1 saturated heterocycles. The molecule has 1 heterocycles. The first-order chi connectivity index (χ1) is 5.81. The average molecular weight is 188 g/mol. The van der Waals surface area contributed by atoms with Gasteiger partial charge >= 0.3 is 0 Å². The van der Waals surface area contributed by atoms with Crippen molar-refractivity contribution in [2.24, 2.45) is 11.1 Å². The van der Waals surface area contributed by atoms with Crippen LogP contribution in [0.5, 0.6) is 0 Å². The first kappa shape index (κ1) is 10.4. The fourth-order valence-electron chi connectivity index (χ4n) is 2.44. The van der Waals surface area contributed by atoms with Crippen molar-refractivity contribution in [1.82, 2.24) is 5.32 Å². The SMILES string of the molecule is CS.NC1CCC2(CCNC2)C1. The molecule has 0 aromatic rings. The van der Waals surface area contributed by atoms with Crippen LogP contribution >= 0.6 is 12.6 Å². The minimum atomic E-state index is 0.500. The number of hydrogen-bond donors (Lipinski definition) is 3. The maximum atomic E-state index is 5.86. The van der Waals surface area contributed by atoms with E-state index in [4.69, 9.17) is 5.73 Å². The first-order valence-corrected chi connectivity index (χ1v) is 5.61. The minimum Gasteiger partial charge on any atom is -0.328 e. The van der Waals surface area contributed by atoms with Gasteiger partial charge in [-0.2, -0.15) is 12.6 Å². The third-order valence-corrected chi connectivity index (χ3v) is 3.07. The van der Waals surface area contributed by atoms with Gasteiger partial charge < -0.3 is 11.1 Å². The third-order valence-electron chi connectivity index (χ3n) is 3.07. The number of nitrogens with two attached hydrogens (primary N) is 1. The third kappa shape index (κ3) is 2.15. The molecule has 72 valence electrons. The second-order valence-electron chi connectivity index (χ2n) is 3.93. The Morgan fingerprint density at radius 3 is 2.58 bits per heavy atom. The van der Waals surface area contributed by atoms with Crippen LogP contribution in [0.15, 0.2) is 0 Å². The molecule has 1 spiro atoms. The van der Waals surface area contributed by atoms with Crippen LogP contribution in [-0.2, 0) is 0 Å². The van der Waals surface area contributed by atoms with Crippen LogP contribution in [0.4, 0.5) is 0 Å². The summed E-state index contributed by atoms with van der Waals surface area (Å²) in [6.45, 7) is 2.44. The topological polar surface area (TPSA) is 38.0 Å². The van der Waals surface area contributed by atoms with Crippen molar-refractivity contribution in [3.05, 3.63) is 0 Å². The molecule has 0 aromatic heterocycles. The maximum Gasteiger partial charge on any atom is 0.00448 e. The van der Waals surface area contributed by atoms with E-state index in [1.165, 1.54) is 38.8 Å². The summed E-state index contributed by atoms with van der Waals surface area (Å²) in [4.78, 5) is 0. The van der Waals surface area contributed by atoms with Gasteiger partial charge in [0.2, 0.25) is 0 Å². The average Bonchev–Trinajstić information content (AvgIpc) is 2.68. The summed E-state index contributed by atoms with van der Waals surface area (Å²) in [5.41, 5.74) is 6.49. The number of rotatable bonds is 0. The highest BCUT2D eigenvalue weighted by molar-refractivity contribution is 7.79. The Bertz CT molecular complexity index is 132. The summed E-state index contributed by atoms with van der Waals surface area (Å²) in [6, 6.07) is 0.500. The molecule has 0 aromatic carbocycles. The van der Waals surface area contributed by atoms with Gasteiger partial charge in [0.1, 0.15) is 0 Å². The van der Waals surface area contributed by atoms with Crippen molar-refractivity contribution in [3.8, 4) is 0 Å². The van der Waals surface area contributed by atoms with E-state index in [-0.39, 0.29) is 0 Å². The molecule has 3 heteroatoms. The van der Waals surface area contributed by atoms with Crippen molar-refractivity contribution in [2.75, 3.05) is 19.3 Å². The molecule has 3 N–H and O–H groups in total. The Hall–Kier alpha value is 0.270. The first-order valence-electron chi connectivity index (χ1n) is 4.72. The molecule has 2 nitrogen and oxygen atoms in total. The number of thiol groups is 1. The van der Waals surface area contributed by atoms with Crippen LogP contribution in [0.3, 0.4) is 0 Å². The highest BCUT2D eigenvalue weighted by Crippen LogP contribution is 2.41. The van der Waals surface area contributed by atoms with Crippen LogP contribution in [0.2, 0.25) is 0 Å². The molecule has 2 aliphatic rings. The Balaban J connectivity index is 0.000000336. The molecular formula is C9H20N2S. The Morgan fingerprint density at radius 2 is 2.17 bits per heavy atom. The molecule has 1 saturated carbocycles. The van der Waals surface area contributed by atoms with Gasteiger partial charge in [-0.05, 0) is 43.9 Å². The zero-order valence-electron chi connectivity index (χ0n) is 7.84. The summed E-state index contributed by atoms with van der Waals surface area (Å²) in [7, 11) is 0. The van der Waals surface area contributed by atoms with E-state index in [1.807, 2.05) is 0 Å². The fraction of sp³-hybridized carbons (Fsp3) is 1.00. The van der Waals surface area contributed by atoms with E-state index >= 15 is 0 Å². The molecule has 2 fully saturated rings. The number of hydrogen-bond acceptors (Lipinski definition) is 3. The van der Waals surface area contributed by atoms with Crippen LogP contribution in [0, 0.1) is 5.41 Å². The zero-order valence-corrected chi connectivity index (χ0v) is 8.74. The van der Waals surface area contributed by atoms with Crippen LogP contribution in [-0.4, -0.2) is 25.4 Å². The van der Waals surface area contributed by atoms with Gasteiger partial charge in [-0.3, -0.25) is 0 Å². The molecule has 12 heavy (non-hydrogen) atoms. The summed E-state index contributed by atoms with van der Waals surface area (Å²) in [6.07, 6.45) is 6.93. The van der Waals surface area contributed by atoms with Crippen molar-refractivity contribution >= 4 is 12.6 Å². The molecule has 2 unspecified atom stereocenters. The fourth-order valence-corrected chi connectivity index (χ4v) is 2.44. The van der Waals surface area contributed by atoms with Gasteiger partial charge in [0.25, 0.3) is 0 Å². The van der Waals surface area contributed by atoms with Gasteiger partial charge in [-0.1, -0.05) is 0 Å². The van der Waals surface area contributed by atoms with E-state index in [1.54, 1.807) is 6.26 Å². The zero-order chi connectivity index (χ0) is 9.03. The number of nitrogens with one attached hydrogen (secondary N) is 1. The predicted molar refractivity (Wildman–Crippen MR) is 56.7 cm³/mol. The molecular weight excluding hydrogens is 168 g/mol. The Kier molecular flexibility index (Phi) is 3.87. The van der Waals surface area contributed by atoms with E-state index < -0.39 is 0 Å². The van der Waals surface area contributed by atoms with Gasteiger partial charge in [0.15, 0.2) is 0 Å². The van der Waals surface area contributed by atoms with Gasteiger partial charge in [-0.15, -0.1) is 0 Å². The quantitative estimate of drug-likeness (QED) is 0.497. The van der Waals surface area contributed by atoms with Gasteiger partial charge in [-0.25, -0.2) is 0 Å². The normalized spacial score (nSPS) is 39.8. The van der Waals surface area contributed by atoms with Crippen molar-refractivity contribution in [2.45, 2.75) is 31.7 Å². The minimum absolute atomic E-state index is 0.500. The molecule has 2 atom stereocenters. The van der Waals surface area contributed by atoms with Crippen LogP contribution in [0.1, 0.15) is 25.7 Å². The lowest BCUT2D eigenvalue weighted by atomic mass is 9.85.